The SMILES string of the molecule is O=C(O)/C=C/C(=O)O.c1ccc(N2CCC23CCN(C2CC4CCCCCCC42)CC3)cc1. The molecule has 2 heterocycles. The minimum atomic E-state index is -1.26. The summed E-state index contributed by atoms with van der Waals surface area (Å²) in [7, 11) is 0. The maximum Gasteiger partial charge on any atom is 0.328 e. The number of carboxylic acid groups (broad SMARTS) is 2. The number of nitrogens with zero attached hydrogens (tertiary/aromatic N) is 2. The van der Waals surface area contributed by atoms with Crippen LogP contribution in [-0.2, 0) is 9.59 Å². The number of likely N-dealkylation sites (tertiary alicyclic amines) is 1. The summed E-state index contributed by atoms with van der Waals surface area (Å²) in [6.07, 6.45) is 15.8. The van der Waals surface area contributed by atoms with Gasteiger partial charge in [-0.05, 0) is 56.1 Å². The van der Waals surface area contributed by atoms with Crippen molar-refractivity contribution in [1.29, 1.82) is 0 Å². The topological polar surface area (TPSA) is 81.1 Å². The Morgan fingerprint density at radius 1 is 0.848 bits per heavy atom. The second-order valence-corrected chi connectivity index (χ2v) is 10.2. The smallest absolute Gasteiger partial charge is 0.328 e. The van der Waals surface area contributed by atoms with Gasteiger partial charge in [0.2, 0.25) is 0 Å². The van der Waals surface area contributed by atoms with Crippen LogP contribution in [0.4, 0.5) is 5.69 Å². The molecule has 33 heavy (non-hydrogen) atoms. The van der Waals surface area contributed by atoms with Crippen molar-refractivity contribution >= 4 is 17.6 Å². The Hall–Kier alpha value is -2.34. The summed E-state index contributed by atoms with van der Waals surface area (Å²) in [5.74, 6) is -0.397. The summed E-state index contributed by atoms with van der Waals surface area (Å²) in [4.78, 5) is 24.7. The van der Waals surface area contributed by atoms with Crippen LogP contribution < -0.4 is 4.90 Å². The van der Waals surface area contributed by atoms with Gasteiger partial charge >= 0.3 is 11.9 Å². The van der Waals surface area contributed by atoms with Crippen molar-refractivity contribution in [3.63, 3.8) is 0 Å². The van der Waals surface area contributed by atoms with Gasteiger partial charge in [0, 0.05) is 49.1 Å². The highest BCUT2D eigenvalue weighted by atomic mass is 16.4. The number of carboxylic acids is 2. The van der Waals surface area contributed by atoms with Crippen molar-refractivity contribution in [3.8, 4) is 0 Å². The van der Waals surface area contributed by atoms with Gasteiger partial charge in [-0.1, -0.05) is 50.3 Å². The highest BCUT2D eigenvalue weighted by Gasteiger charge is 2.50. The molecule has 2 saturated heterocycles. The van der Waals surface area contributed by atoms with Gasteiger partial charge in [-0.15, -0.1) is 0 Å². The molecule has 3 unspecified atom stereocenters. The molecule has 0 radical (unpaired) electrons. The van der Waals surface area contributed by atoms with Crippen molar-refractivity contribution in [2.45, 2.75) is 75.8 Å². The van der Waals surface area contributed by atoms with Crippen molar-refractivity contribution in [2.24, 2.45) is 11.8 Å². The van der Waals surface area contributed by atoms with Crippen molar-refractivity contribution in [3.05, 3.63) is 42.5 Å². The molecule has 1 aromatic rings. The first-order valence-electron chi connectivity index (χ1n) is 12.7. The number of aliphatic carboxylic acids is 2. The second kappa shape index (κ2) is 10.7. The van der Waals surface area contributed by atoms with Crippen LogP contribution in [0.2, 0.25) is 0 Å². The van der Waals surface area contributed by atoms with Gasteiger partial charge in [0.05, 0.1) is 0 Å². The van der Waals surface area contributed by atoms with Crippen LogP contribution in [0.15, 0.2) is 42.5 Å². The molecule has 0 bridgehead atoms. The van der Waals surface area contributed by atoms with Crippen LogP contribution in [0.25, 0.3) is 0 Å². The van der Waals surface area contributed by atoms with Crippen molar-refractivity contribution < 1.29 is 19.8 Å². The zero-order valence-electron chi connectivity index (χ0n) is 19.6. The lowest BCUT2D eigenvalue weighted by Crippen LogP contribution is -2.66. The molecule has 4 aliphatic rings. The van der Waals surface area contributed by atoms with Gasteiger partial charge in [-0.25, -0.2) is 9.59 Å². The van der Waals surface area contributed by atoms with E-state index in [1.54, 1.807) is 0 Å². The number of fused-ring (bicyclic) bond motifs is 1. The Labute approximate surface area is 197 Å². The Morgan fingerprint density at radius 2 is 1.45 bits per heavy atom. The molecule has 0 aromatic heterocycles. The Bertz CT molecular complexity index is 816. The number of hydrogen-bond acceptors (Lipinski definition) is 4. The van der Waals surface area contributed by atoms with Crippen LogP contribution >= 0.6 is 0 Å². The predicted octanol–water partition coefficient (Wildman–Crippen LogP) is 4.80. The molecule has 1 aromatic carbocycles. The molecule has 2 N–H and O–H groups in total. The minimum Gasteiger partial charge on any atom is -0.478 e. The van der Waals surface area contributed by atoms with E-state index in [9.17, 15) is 9.59 Å². The third-order valence-corrected chi connectivity index (χ3v) is 8.51. The van der Waals surface area contributed by atoms with Crippen molar-refractivity contribution in [2.75, 3.05) is 24.5 Å². The quantitative estimate of drug-likeness (QED) is 0.636. The molecule has 2 saturated carbocycles. The van der Waals surface area contributed by atoms with E-state index < -0.39 is 11.9 Å². The second-order valence-electron chi connectivity index (χ2n) is 10.2. The molecule has 1 spiro atoms. The highest BCUT2D eigenvalue weighted by Crippen LogP contribution is 2.49. The van der Waals surface area contributed by atoms with Gasteiger partial charge in [0.25, 0.3) is 0 Å². The number of para-hydroxylation sites is 1. The summed E-state index contributed by atoms with van der Waals surface area (Å²) in [5, 5.41) is 15.6. The number of benzene rings is 1. The Morgan fingerprint density at radius 3 is 2.03 bits per heavy atom. The highest BCUT2D eigenvalue weighted by molar-refractivity contribution is 5.89. The summed E-state index contributed by atoms with van der Waals surface area (Å²) in [6.45, 7) is 3.95. The first kappa shape index (κ1) is 23.8. The number of anilines is 1. The zero-order valence-corrected chi connectivity index (χ0v) is 19.6. The molecule has 6 nitrogen and oxygen atoms in total. The van der Waals surface area contributed by atoms with Crippen LogP contribution in [0, 0.1) is 11.8 Å². The average molecular weight is 455 g/mol. The number of rotatable bonds is 4. The van der Waals surface area contributed by atoms with E-state index in [1.165, 1.54) is 89.5 Å². The Balaban J connectivity index is 0.000000281. The largest absolute Gasteiger partial charge is 0.478 e. The first-order chi connectivity index (χ1) is 16.0. The van der Waals surface area contributed by atoms with Gasteiger partial charge in [0.1, 0.15) is 0 Å². The summed E-state index contributed by atoms with van der Waals surface area (Å²) in [6, 6.07) is 12.1. The van der Waals surface area contributed by atoms with Gasteiger partial charge < -0.3 is 15.1 Å². The summed E-state index contributed by atoms with van der Waals surface area (Å²) < 4.78 is 0. The zero-order chi connectivity index (χ0) is 23.3. The molecule has 2 aliphatic carbocycles. The molecule has 6 heteroatoms. The molecular weight excluding hydrogens is 416 g/mol. The maximum absolute atomic E-state index is 9.55. The fraction of sp³-hybridized carbons (Fsp3) is 0.630. The fourth-order valence-corrected chi connectivity index (χ4v) is 6.58. The molecule has 3 atom stereocenters. The van der Waals surface area contributed by atoms with Crippen LogP contribution in [0.3, 0.4) is 0 Å². The van der Waals surface area contributed by atoms with Crippen molar-refractivity contribution in [1.82, 2.24) is 4.90 Å². The fourth-order valence-electron chi connectivity index (χ4n) is 6.58. The van der Waals surface area contributed by atoms with Crippen LogP contribution in [0.5, 0.6) is 0 Å². The van der Waals surface area contributed by atoms with E-state index in [1.807, 2.05) is 0 Å². The Kier molecular flexibility index (Phi) is 7.74. The van der Waals surface area contributed by atoms with E-state index in [-0.39, 0.29) is 0 Å². The van der Waals surface area contributed by atoms with E-state index >= 15 is 0 Å². The average Bonchev–Trinajstić information content (AvgIpc) is 2.78. The van der Waals surface area contributed by atoms with Gasteiger partial charge in [0.15, 0.2) is 0 Å². The summed E-state index contributed by atoms with van der Waals surface area (Å²) in [5.41, 5.74) is 1.94. The third-order valence-electron chi connectivity index (χ3n) is 8.51. The molecule has 5 rings (SSSR count). The van der Waals surface area contributed by atoms with Crippen LogP contribution in [-0.4, -0.2) is 58.3 Å². The van der Waals surface area contributed by atoms with E-state index in [4.69, 9.17) is 10.2 Å². The third kappa shape index (κ3) is 5.60. The lowest BCUT2D eigenvalue weighted by atomic mass is 9.62. The van der Waals surface area contributed by atoms with Gasteiger partial charge in [-0.3, -0.25) is 4.90 Å². The maximum atomic E-state index is 9.55. The van der Waals surface area contributed by atoms with E-state index in [0.717, 1.165) is 17.9 Å². The number of piperidine rings is 1. The number of hydrogen-bond donors (Lipinski definition) is 2. The van der Waals surface area contributed by atoms with E-state index in [0.29, 0.717) is 17.7 Å². The molecule has 4 fully saturated rings. The lowest BCUT2D eigenvalue weighted by Gasteiger charge is -2.60. The lowest BCUT2D eigenvalue weighted by molar-refractivity contribution is -0.134. The van der Waals surface area contributed by atoms with Gasteiger partial charge in [-0.2, -0.15) is 0 Å². The normalized spacial score (nSPS) is 29.0. The van der Waals surface area contributed by atoms with E-state index in [2.05, 4.69) is 40.1 Å². The monoisotopic (exact) mass is 454 g/mol. The minimum absolute atomic E-state index is 0.488. The summed E-state index contributed by atoms with van der Waals surface area (Å²) >= 11 is 0. The van der Waals surface area contributed by atoms with Crippen LogP contribution in [0.1, 0.15) is 64.2 Å². The standard InChI is InChI=1S/C23H34N2.C4H4O4/c1-2-7-11-21-19(8-4-1)18-22(21)24-15-12-23(13-16-24)14-17-25(23)20-9-5-3-6-10-20;5-3(6)1-2-4(7)8/h3,5-6,9-10,19,21-22H,1-2,4,7-8,11-18H2;1-2H,(H,5,6)(H,7,8)/b;2-1+. The predicted molar refractivity (Wildman–Crippen MR) is 129 cm³/mol. The number of carbonyl (C=O) groups is 2. The molecule has 2 aliphatic heterocycles. The molecule has 180 valence electrons. The molecule has 0 amide bonds. The molecular formula is C27H38N2O4. The first-order valence-corrected chi connectivity index (χ1v) is 12.7.